The first kappa shape index (κ1) is 14.1. The van der Waals surface area contributed by atoms with Crippen molar-refractivity contribution in [2.45, 2.75) is 13.0 Å². The molecule has 0 spiro atoms. The van der Waals surface area contributed by atoms with Gasteiger partial charge in [-0.2, -0.15) is 0 Å². The highest BCUT2D eigenvalue weighted by atomic mass is 15.1. The highest BCUT2D eigenvalue weighted by molar-refractivity contribution is 6.01. The SMILES string of the molecule is C[C@H](N=C(N)Nc1cccc2ncccc12)c1ccccc1. The molecule has 22 heavy (non-hydrogen) atoms. The van der Waals surface area contributed by atoms with Crippen LogP contribution in [-0.4, -0.2) is 10.9 Å². The third-order valence-corrected chi connectivity index (χ3v) is 3.52. The fourth-order valence-electron chi connectivity index (χ4n) is 2.40. The summed E-state index contributed by atoms with van der Waals surface area (Å²) in [6, 6.07) is 19.9. The number of benzene rings is 2. The first-order valence-electron chi connectivity index (χ1n) is 7.23. The zero-order chi connectivity index (χ0) is 15.4. The number of hydrogen-bond acceptors (Lipinski definition) is 2. The first-order valence-corrected chi connectivity index (χ1v) is 7.23. The van der Waals surface area contributed by atoms with E-state index in [4.69, 9.17) is 5.73 Å². The van der Waals surface area contributed by atoms with E-state index in [1.807, 2.05) is 67.6 Å². The molecule has 0 saturated carbocycles. The smallest absolute Gasteiger partial charge is 0.193 e. The highest BCUT2D eigenvalue weighted by Crippen LogP contribution is 2.21. The molecule has 0 radical (unpaired) electrons. The molecule has 0 saturated heterocycles. The van der Waals surface area contributed by atoms with Crippen LogP contribution in [0.25, 0.3) is 10.9 Å². The summed E-state index contributed by atoms with van der Waals surface area (Å²) in [7, 11) is 0. The summed E-state index contributed by atoms with van der Waals surface area (Å²) in [5, 5.41) is 4.20. The Balaban J connectivity index is 1.84. The zero-order valence-corrected chi connectivity index (χ0v) is 12.4. The lowest BCUT2D eigenvalue weighted by Crippen LogP contribution is -2.23. The van der Waals surface area contributed by atoms with E-state index in [1.165, 1.54) is 0 Å². The molecule has 0 bridgehead atoms. The lowest BCUT2D eigenvalue weighted by Gasteiger charge is -2.11. The van der Waals surface area contributed by atoms with Crippen molar-refractivity contribution in [3.05, 3.63) is 72.4 Å². The number of pyridine rings is 1. The molecule has 3 rings (SSSR count). The van der Waals surface area contributed by atoms with E-state index in [1.54, 1.807) is 6.20 Å². The maximum Gasteiger partial charge on any atom is 0.193 e. The molecule has 0 amide bonds. The van der Waals surface area contributed by atoms with Gasteiger partial charge in [-0.3, -0.25) is 4.98 Å². The lowest BCUT2D eigenvalue weighted by molar-refractivity contribution is 0.817. The molecule has 110 valence electrons. The maximum absolute atomic E-state index is 6.05. The van der Waals surface area contributed by atoms with Crippen LogP contribution in [0, 0.1) is 0 Å². The van der Waals surface area contributed by atoms with Gasteiger partial charge in [0.25, 0.3) is 0 Å². The quantitative estimate of drug-likeness (QED) is 0.571. The number of fused-ring (bicyclic) bond motifs is 1. The number of rotatable bonds is 3. The molecule has 4 heteroatoms. The molecule has 1 atom stereocenters. The van der Waals surface area contributed by atoms with E-state index in [2.05, 4.69) is 15.3 Å². The van der Waals surface area contributed by atoms with Crippen LogP contribution in [0.15, 0.2) is 71.9 Å². The van der Waals surface area contributed by atoms with E-state index in [-0.39, 0.29) is 6.04 Å². The number of guanidine groups is 1. The standard InChI is InChI=1S/C18H18N4/c1-13(14-7-3-2-4-8-14)21-18(19)22-17-11-5-10-16-15(17)9-6-12-20-16/h2-13H,1H3,(H3,19,21,22)/t13-/m0/s1. The number of aromatic nitrogens is 1. The lowest BCUT2D eigenvalue weighted by atomic mass is 10.1. The molecule has 0 aliphatic carbocycles. The van der Waals surface area contributed by atoms with Crippen molar-refractivity contribution in [2.75, 3.05) is 5.32 Å². The van der Waals surface area contributed by atoms with Gasteiger partial charge < -0.3 is 11.1 Å². The van der Waals surface area contributed by atoms with E-state index in [9.17, 15) is 0 Å². The summed E-state index contributed by atoms with van der Waals surface area (Å²) in [5.74, 6) is 0.396. The zero-order valence-electron chi connectivity index (χ0n) is 12.4. The van der Waals surface area contributed by atoms with Crippen molar-refractivity contribution in [1.29, 1.82) is 0 Å². The van der Waals surface area contributed by atoms with Crippen LogP contribution in [0.2, 0.25) is 0 Å². The van der Waals surface area contributed by atoms with E-state index < -0.39 is 0 Å². The summed E-state index contributed by atoms with van der Waals surface area (Å²) in [6.07, 6.45) is 1.78. The van der Waals surface area contributed by atoms with Crippen LogP contribution < -0.4 is 11.1 Å². The highest BCUT2D eigenvalue weighted by Gasteiger charge is 2.05. The molecule has 2 aromatic carbocycles. The van der Waals surface area contributed by atoms with E-state index in [0.717, 1.165) is 22.2 Å². The molecule has 3 N–H and O–H groups in total. The fraction of sp³-hybridized carbons (Fsp3) is 0.111. The van der Waals surface area contributed by atoms with Crippen LogP contribution in [-0.2, 0) is 0 Å². The Morgan fingerprint density at radius 3 is 2.68 bits per heavy atom. The molecular formula is C18H18N4. The maximum atomic E-state index is 6.05. The summed E-state index contributed by atoms with van der Waals surface area (Å²) in [6.45, 7) is 2.02. The summed E-state index contributed by atoms with van der Waals surface area (Å²) in [5.41, 5.74) is 9.02. The van der Waals surface area contributed by atoms with Crippen LogP contribution >= 0.6 is 0 Å². The molecule has 0 aliphatic rings. The second-order valence-electron chi connectivity index (χ2n) is 5.10. The Morgan fingerprint density at radius 2 is 1.86 bits per heavy atom. The average Bonchev–Trinajstić information content (AvgIpc) is 2.56. The van der Waals surface area contributed by atoms with Gasteiger partial charge in [0, 0.05) is 11.6 Å². The Labute approximate surface area is 129 Å². The van der Waals surface area contributed by atoms with Crippen molar-refractivity contribution in [2.24, 2.45) is 10.7 Å². The van der Waals surface area contributed by atoms with Gasteiger partial charge in [0.2, 0.25) is 0 Å². The van der Waals surface area contributed by atoms with Gasteiger partial charge >= 0.3 is 0 Å². The number of nitrogens with zero attached hydrogens (tertiary/aromatic N) is 2. The Kier molecular flexibility index (Phi) is 4.01. The predicted molar refractivity (Wildman–Crippen MR) is 91.8 cm³/mol. The third kappa shape index (κ3) is 3.06. The number of nitrogens with one attached hydrogen (secondary N) is 1. The second kappa shape index (κ2) is 6.26. The van der Waals surface area contributed by atoms with E-state index >= 15 is 0 Å². The number of anilines is 1. The molecule has 3 aromatic rings. The predicted octanol–water partition coefficient (Wildman–Crippen LogP) is 3.72. The van der Waals surface area contributed by atoms with E-state index in [0.29, 0.717) is 5.96 Å². The Hall–Kier alpha value is -2.88. The van der Waals surface area contributed by atoms with Crippen molar-refractivity contribution >= 4 is 22.5 Å². The molecule has 1 aromatic heterocycles. The normalized spacial score (nSPS) is 13.0. The van der Waals surface area contributed by atoms with Crippen LogP contribution in [0.4, 0.5) is 5.69 Å². The van der Waals surface area contributed by atoms with Gasteiger partial charge in [0.15, 0.2) is 5.96 Å². The number of nitrogens with two attached hydrogens (primary N) is 1. The van der Waals surface area contributed by atoms with Gasteiger partial charge in [0.05, 0.1) is 17.2 Å². The van der Waals surface area contributed by atoms with Crippen LogP contribution in [0.1, 0.15) is 18.5 Å². The van der Waals surface area contributed by atoms with Gasteiger partial charge in [-0.25, -0.2) is 4.99 Å². The summed E-state index contributed by atoms with van der Waals surface area (Å²) in [4.78, 5) is 8.85. The minimum atomic E-state index is 0.00167. The average molecular weight is 290 g/mol. The van der Waals surface area contributed by atoms with Gasteiger partial charge in [-0.15, -0.1) is 0 Å². The van der Waals surface area contributed by atoms with Crippen molar-refractivity contribution in [3.63, 3.8) is 0 Å². The Morgan fingerprint density at radius 1 is 1.05 bits per heavy atom. The Bertz CT molecular complexity index is 791. The molecular weight excluding hydrogens is 272 g/mol. The van der Waals surface area contributed by atoms with Gasteiger partial charge in [-0.05, 0) is 36.8 Å². The second-order valence-corrected chi connectivity index (χ2v) is 5.10. The van der Waals surface area contributed by atoms with Crippen LogP contribution in [0.3, 0.4) is 0 Å². The van der Waals surface area contributed by atoms with Crippen molar-refractivity contribution in [1.82, 2.24) is 4.98 Å². The third-order valence-electron chi connectivity index (χ3n) is 3.52. The monoisotopic (exact) mass is 290 g/mol. The number of aliphatic imine (C=N–C) groups is 1. The van der Waals surface area contributed by atoms with Crippen molar-refractivity contribution in [3.8, 4) is 0 Å². The number of hydrogen-bond donors (Lipinski definition) is 2. The summed E-state index contributed by atoms with van der Waals surface area (Å²) >= 11 is 0. The largest absolute Gasteiger partial charge is 0.370 e. The first-order chi connectivity index (χ1) is 10.7. The fourth-order valence-corrected chi connectivity index (χ4v) is 2.40. The minimum Gasteiger partial charge on any atom is -0.370 e. The molecule has 1 heterocycles. The molecule has 0 aliphatic heterocycles. The van der Waals surface area contributed by atoms with Gasteiger partial charge in [-0.1, -0.05) is 36.4 Å². The topological polar surface area (TPSA) is 63.3 Å². The van der Waals surface area contributed by atoms with Crippen LogP contribution in [0.5, 0.6) is 0 Å². The molecule has 0 fully saturated rings. The van der Waals surface area contributed by atoms with Gasteiger partial charge in [0.1, 0.15) is 0 Å². The molecule has 4 nitrogen and oxygen atoms in total. The summed E-state index contributed by atoms with van der Waals surface area (Å²) < 4.78 is 0. The molecule has 0 unspecified atom stereocenters. The van der Waals surface area contributed by atoms with Crippen molar-refractivity contribution < 1.29 is 0 Å². The minimum absolute atomic E-state index is 0.00167.